The van der Waals surface area contributed by atoms with Crippen LogP contribution in [0.3, 0.4) is 0 Å². The van der Waals surface area contributed by atoms with Crippen LogP contribution in [0.15, 0.2) is 24.3 Å². The highest BCUT2D eigenvalue weighted by atomic mass is 16.2. The van der Waals surface area contributed by atoms with E-state index in [-0.39, 0.29) is 11.4 Å². The number of nitrogens with zero attached hydrogens (tertiary/aromatic N) is 2. The van der Waals surface area contributed by atoms with E-state index < -0.39 is 0 Å². The highest BCUT2D eigenvalue weighted by Crippen LogP contribution is 2.36. The molecule has 1 amide bonds. The fourth-order valence-corrected chi connectivity index (χ4v) is 3.75. The zero-order chi connectivity index (χ0) is 14.2. The molecular weight excluding hydrogens is 248 g/mol. The Morgan fingerprint density at radius 1 is 1.10 bits per heavy atom. The number of carbonyl (C=O) groups is 1. The minimum atomic E-state index is 0.198. The van der Waals surface area contributed by atoms with Gasteiger partial charge < -0.3 is 4.90 Å². The van der Waals surface area contributed by atoms with Gasteiger partial charge in [0.1, 0.15) is 0 Å². The average molecular weight is 272 g/mol. The van der Waals surface area contributed by atoms with Crippen molar-refractivity contribution in [1.82, 2.24) is 9.80 Å². The quantitative estimate of drug-likeness (QED) is 0.785. The van der Waals surface area contributed by atoms with E-state index in [1.54, 1.807) is 0 Å². The molecule has 108 valence electrons. The lowest BCUT2D eigenvalue weighted by molar-refractivity contribution is 0.0412. The largest absolute Gasteiger partial charge is 0.337 e. The van der Waals surface area contributed by atoms with Crippen LogP contribution in [-0.2, 0) is 0 Å². The van der Waals surface area contributed by atoms with Gasteiger partial charge in [-0.15, -0.1) is 0 Å². The molecule has 1 aromatic rings. The molecule has 0 bridgehead atoms. The van der Waals surface area contributed by atoms with E-state index in [1.807, 2.05) is 24.3 Å². The fourth-order valence-electron chi connectivity index (χ4n) is 3.75. The van der Waals surface area contributed by atoms with Crippen LogP contribution in [0.1, 0.15) is 41.6 Å². The van der Waals surface area contributed by atoms with Gasteiger partial charge in [0.15, 0.2) is 0 Å². The molecule has 0 saturated carbocycles. The van der Waals surface area contributed by atoms with Gasteiger partial charge in [-0.3, -0.25) is 9.69 Å². The predicted molar refractivity (Wildman–Crippen MR) is 80.9 cm³/mol. The summed E-state index contributed by atoms with van der Waals surface area (Å²) >= 11 is 0. The molecule has 2 saturated heterocycles. The first-order valence-electron chi connectivity index (χ1n) is 7.68. The van der Waals surface area contributed by atoms with Gasteiger partial charge in [-0.05, 0) is 58.3 Å². The summed E-state index contributed by atoms with van der Waals surface area (Å²) in [4.78, 5) is 17.2. The normalized spacial score (nSPS) is 27.2. The SMILES string of the molecule is Cc1ccc(C(=O)N2CCCC3(CCCN3C)C2)cc1. The van der Waals surface area contributed by atoms with Gasteiger partial charge in [0.25, 0.3) is 5.91 Å². The zero-order valence-corrected chi connectivity index (χ0v) is 12.6. The highest BCUT2D eigenvalue weighted by molar-refractivity contribution is 5.94. The maximum Gasteiger partial charge on any atom is 0.253 e. The molecule has 3 rings (SSSR count). The van der Waals surface area contributed by atoms with Crippen molar-refractivity contribution >= 4 is 5.91 Å². The Labute approximate surface area is 121 Å². The van der Waals surface area contributed by atoms with Gasteiger partial charge in [0.05, 0.1) is 0 Å². The third-order valence-electron chi connectivity index (χ3n) is 5.09. The monoisotopic (exact) mass is 272 g/mol. The van der Waals surface area contributed by atoms with Crippen LogP contribution >= 0.6 is 0 Å². The van der Waals surface area contributed by atoms with Gasteiger partial charge in [-0.2, -0.15) is 0 Å². The van der Waals surface area contributed by atoms with E-state index in [9.17, 15) is 4.79 Å². The summed E-state index contributed by atoms with van der Waals surface area (Å²) in [6.07, 6.45) is 4.87. The van der Waals surface area contributed by atoms with E-state index in [1.165, 1.54) is 31.4 Å². The van der Waals surface area contributed by atoms with Gasteiger partial charge >= 0.3 is 0 Å². The molecule has 0 N–H and O–H groups in total. The molecule has 2 fully saturated rings. The number of piperidine rings is 1. The molecule has 2 aliphatic rings. The summed E-state index contributed by atoms with van der Waals surface area (Å²) in [5.41, 5.74) is 2.28. The van der Waals surface area contributed by atoms with E-state index in [0.29, 0.717) is 0 Å². The van der Waals surface area contributed by atoms with Crippen LogP contribution in [0.5, 0.6) is 0 Å². The first-order chi connectivity index (χ1) is 9.61. The van der Waals surface area contributed by atoms with Crippen molar-refractivity contribution in [2.75, 3.05) is 26.7 Å². The zero-order valence-electron chi connectivity index (χ0n) is 12.6. The highest BCUT2D eigenvalue weighted by Gasteiger charge is 2.43. The Bertz CT molecular complexity index is 496. The van der Waals surface area contributed by atoms with E-state index in [0.717, 1.165) is 25.1 Å². The van der Waals surface area contributed by atoms with Crippen LogP contribution in [0.2, 0.25) is 0 Å². The Morgan fingerprint density at radius 2 is 1.75 bits per heavy atom. The Balaban J connectivity index is 1.76. The maximum absolute atomic E-state index is 12.7. The first kappa shape index (κ1) is 13.6. The number of aryl methyl sites for hydroxylation is 1. The van der Waals surface area contributed by atoms with Crippen LogP contribution < -0.4 is 0 Å². The summed E-state index contributed by atoms with van der Waals surface area (Å²) in [7, 11) is 2.22. The van der Waals surface area contributed by atoms with Crippen molar-refractivity contribution < 1.29 is 4.79 Å². The molecule has 1 atom stereocenters. The van der Waals surface area contributed by atoms with Crippen LogP contribution in [0.25, 0.3) is 0 Å². The molecule has 0 aromatic heterocycles. The van der Waals surface area contributed by atoms with E-state index in [2.05, 4.69) is 23.8 Å². The Kier molecular flexibility index (Phi) is 3.55. The molecule has 2 aliphatic heterocycles. The predicted octanol–water partition coefficient (Wildman–Crippen LogP) is 2.70. The lowest BCUT2D eigenvalue weighted by Crippen LogP contribution is -2.55. The number of carbonyl (C=O) groups excluding carboxylic acids is 1. The van der Waals surface area contributed by atoms with Crippen molar-refractivity contribution in [3.05, 3.63) is 35.4 Å². The van der Waals surface area contributed by atoms with Crippen molar-refractivity contribution in [3.8, 4) is 0 Å². The average Bonchev–Trinajstić information content (AvgIpc) is 2.80. The molecule has 1 spiro atoms. The first-order valence-corrected chi connectivity index (χ1v) is 7.68. The standard InChI is InChI=1S/C17H24N2O/c1-14-5-7-15(8-6-14)16(20)19-12-4-10-17(13-19)9-3-11-18(17)2/h5-8H,3-4,9-13H2,1-2H3. The maximum atomic E-state index is 12.7. The fraction of sp³-hybridized carbons (Fsp3) is 0.588. The van der Waals surface area contributed by atoms with Crippen molar-refractivity contribution in [3.63, 3.8) is 0 Å². The number of hydrogen-bond acceptors (Lipinski definition) is 2. The Morgan fingerprint density at radius 3 is 2.40 bits per heavy atom. The molecule has 1 aromatic carbocycles. The van der Waals surface area contributed by atoms with E-state index >= 15 is 0 Å². The van der Waals surface area contributed by atoms with Gasteiger partial charge in [0.2, 0.25) is 0 Å². The van der Waals surface area contributed by atoms with Crippen LogP contribution in [0, 0.1) is 6.92 Å². The molecule has 2 heterocycles. The topological polar surface area (TPSA) is 23.6 Å². The number of likely N-dealkylation sites (N-methyl/N-ethyl adjacent to an activating group) is 1. The summed E-state index contributed by atoms with van der Waals surface area (Å²) < 4.78 is 0. The van der Waals surface area contributed by atoms with Crippen molar-refractivity contribution in [2.24, 2.45) is 0 Å². The second kappa shape index (κ2) is 5.21. The number of amides is 1. The van der Waals surface area contributed by atoms with Gasteiger partial charge in [-0.1, -0.05) is 17.7 Å². The molecular formula is C17H24N2O. The Hall–Kier alpha value is -1.35. The van der Waals surface area contributed by atoms with Crippen LogP contribution in [-0.4, -0.2) is 47.9 Å². The molecule has 3 heteroatoms. The number of rotatable bonds is 1. The summed E-state index contributed by atoms with van der Waals surface area (Å²) in [5.74, 6) is 0.198. The van der Waals surface area contributed by atoms with Gasteiger partial charge in [0, 0.05) is 24.2 Å². The summed E-state index contributed by atoms with van der Waals surface area (Å²) in [5, 5.41) is 0. The number of hydrogen-bond donors (Lipinski definition) is 0. The lowest BCUT2D eigenvalue weighted by Gasteiger charge is -2.44. The van der Waals surface area contributed by atoms with Crippen LogP contribution in [0.4, 0.5) is 0 Å². The minimum absolute atomic E-state index is 0.198. The minimum Gasteiger partial charge on any atom is -0.337 e. The molecule has 20 heavy (non-hydrogen) atoms. The molecule has 3 nitrogen and oxygen atoms in total. The third-order valence-corrected chi connectivity index (χ3v) is 5.09. The second-order valence-corrected chi connectivity index (χ2v) is 6.45. The molecule has 1 unspecified atom stereocenters. The second-order valence-electron chi connectivity index (χ2n) is 6.45. The third kappa shape index (κ3) is 2.35. The summed E-state index contributed by atoms with van der Waals surface area (Å²) in [6, 6.07) is 7.96. The number of likely N-dealkylation sites (tertiary alicyclic amines) is 2. The molecule has 0 radical (unpaired) electrons. The van der Waals surface area contributed by atoms with Crippen molar-refractivity contribution in [1.29, 1.82) is 0 Å². The summed E-state index contributed by atoms with van der Waals surface area (Å²) in [6.45, 7) is 5.03. The lowest BCUT2D eigenvalue weighted by atomic mass is 9.86. The smallest absolute Gasteiger partial charge is 0.253 e. The molecule has 0 aliphatic carbocycles. The van der Waals surface area contributed by atoms with Gasteiger partial charge in [-0.25, -0.2) is 0 Å². The van der Waals surface area contributed by atoms with Crippen molar-refractivity contribution in [2.45, 2.75) is 38.1 Å². The number of benzene rings is 1. The van der Waals surface area contributed by atoms with E-state index in [4.69, 9.17) is 0 Å².